The standard InChI is InChI=1S/C20H15BrO4/c21-18-3-1-2-4-20(18)24-13-17-10-9-16(25-17)11-12-19(23)14-5-7-15(22)8-6-14/h1-12,22H,13H2/b12-11+. The zero-order valence-electron chi connectivity index (χ0n) is 13.2. The fraction of sp³-hybridized carbons (Fsp3) is 0.0500. The van der Waals surface area contributed by atoms with E-state index < -0.39 is 0 Å². The average molecular weight is 399 g/mol. The normalized spacial score (nSPS) is 10.9. The Morgan fingerprint density at radius 3 is 2.60 bits per heavy atom. The van der Waals surface area contributed by atoms with E-state index in [1.54, 1.807) is 24.3 Å². The van der Waals surface area contributed by atoms with Gasteiger partial charge in [-0.2, -0.15) is 0 Å². The molecule has 0 unspecified atom stereocenters. The maximum absolute atomic E-state index is 12.0. The van der Waals surface area contributed by atoms with Crippen molar-refractivity contribution in [2.75, 3.05) is 0 Å². The topological polar surface area (TPSA) is 59.7 Å². The van der Waals surface area contributed by atoms with Crippen molar-refractivity contribution < 1.29 is 19.1 Å². The van der Waals surface area contributed by atoms with E-state index in [0.29, 0.717) is 23.7 Å². The zero-order chi connectivity index (χ0) is 17.6. The Hall–Kier alpha value is -2.79. The molecular weight excluding hydrogens is 384 g/mol. The molecule has 2 aromatic carbocycles. The monoisotopic (exact) mass is 398 g/mol. The number of hydrogen-bond donors (Lipinski definition) is 1. The molecular formula is C20H15BrO4. The van der Waals surface area contributed by atoms with Crippen molar-refractivity contribution in [2.24, 2.45) is 0 Å². The molecule has 3 rings (SSSR count). The van der Waals surface area contributed by atoms with Crippen molar-refractivity contribution in [3.05, 3.63) is 88.3 Å². The van der Waals surface area contributed by atoms with E-state index in [9.17, 15) is 9.90 Å². The number of rotatable bonds is 6. The predicted molar refractivity (Wildman–Crippen MR) is 98.7 cm³/mol. The molecule has 0 fully saturated rings. The molecule has 0 aliphatic heterocycles. The van der Waals surface area contributed by atoms with Gasteiger partial charge in [0.05, 0.1) is 4.47 Å². The fourth-order valence-electron chi connectivity index (χ4n) is 2.15. The van der Waals surface area contributed by atoms with E-state index in [1.807, 2.05) is 30.3 Å². The Morgan fingerprint density at radius 2 is 1.84 bits per heavy atom. The van der Waals surface area contributed by atoms with Crippen molar-refractivity contribution in [1.29, 1.82) is 0 Å². The van der Waals surface area contributed by atoms with Crippen LogP contribution in [0.15, 0.2) is 75.6 Å². The van der Waals surface area contributed by atoms with Crippen LogP contribution in [0.4, 0.5) is 0 Å². The molecule has 0 aliphatic carbocycles. The minimum absolute atomic E-state index is 0.126. The fourth-order valence-corrected chi connectivity index (χ4v) is 2.55. The lowest BCUT2D eigenvalue weighted by Gasteiger charge is -2.05. The van der Waals surface area contributed by atoms with Gasteiger partial charge in [-0.15, -0.1) is 0 Å². The molecule has 126 valence electrons. The summed E-state index contributed by atoms with van der Waals surface area (Å²) in [6, 6.07) is 17.3. The van der Waals surface area contributed by atoms with Gasteiger partial charge in [0.25, 0.3) is 0 Å². The third kappa shape index (κ3) is 4.61. The van der Waals surface area contributed by atoms with Gasteiger partial charge in [-0.1, -0.05) is 12.1 Å². The number of para-hydroxylation sites is 1. The number of benzene rings is 2. The highest BCUT2D eigenvalue weighted by Gasteiger charge is 2.05. The second-order valence-corrected chi connectivity index (χ2v) is 6.12. The second-order valence-electron chi connectivity index (χ2n) is 5.27. The van der Waals surface area contributed by atoms with Crippen molar-refractivity contribution >= 4 is 27.8 Å². The lowest BCUT2D eigenvalue weighted by Crippen LogP contribution is -1.94. The number of halogens is 1. The molecule has 0 radical (unpaired) electrons. The first kappa shape index (κ1) is 17.0. The Bertz CT molecular complexity index is 894. The van der Waals surface area contributed by atoms with Crippen LogP contribution in [0, 0.1) is 0 Å². The third-order valence-corrected chi connectivity index (χ3v) is 4.09. The molecule has 1 aromatic heterocycles. The summed E-state index contributed by atoms with van der Waals surface area (Å²) in [5.41, 5.74) is 0.498. The van der Waals surface area contributed by atoms with Gasteiger partial charge in [-0.3, -0.25) is 4.79 Å². The van der Waals surface area contributed by atoms with Crippen molar-refractivity contribution in [3.63, 3.8) is 0 Å². The van der Waals surface area contributed by atoms with Crippen LogP contribution in [-0.2, 0) is 6.61 Å². The van der Waals surface area contributed by atoms with E-state index in [1.165, 1.54) is 18.2 Å². The SMILES string of the molecule is O=C(/C=C/c1ccc(COc2ccccc2Br)o1)c1ccc(O)cc1. The lowest BCUT2D eigenvalue weighted by atomic mass is 10.1. The Morgan fingerprint density at radius 1 is 1.08 bits per heavy atom. The molecule has 0 bridgehead atoms. The van der Waals surface area contributed by atoms with E-state index in [2.05, 4.69) is 15.9 Å². The van der Waals surface area contributed by atoms with Crippen LogP contribution < -0.4 is 4.74 Å². The van der Waals surface area contributed by atoms with Gasteiger partial charge >= 0.3 is 0 Å². The summed E-state index contributed by atoms with van der Waals surface area (Å²) >= 11 is 3.42. The number of carbonyl (C=O) groups excluding carboxylic acids is 1. The van der Waals surface area contributed by atoms with Crippen LogP contribution in [-0.4, -0.2) is 10.9 Å². The van der Waals surface area contributed by atoms with E-state index in [4.69, 9.17) is 9.15 Å². The summed E-state index contributed by atoms with van der Waals surface area (Å²) in [4.78, 5) is 12.0. The largest absolute Gasteiger partial charge is 0.508 e. The smallest absolute Gasteiger partial charge is 0.185 e. The number of hydrogen-bond acceptors (Lipinski definition) is 4. The van der Waals surface area contributed by atoms with Gasteiger partial charge in [0.1, 0.15) is 29.6 Å². The highest BCUT2D eigenvalue weighted by atomic mass is 79.9. The van der Waals surface area contributed by atoms with Crippen LogP contribution in [0.2, 0.25) is 0 Å². The van der Waals surface area contributed by atoms with Crippen LogP contribution in [0.5, 0.6) is 11.5 Å². The Balaban J connectivity index is 1.60. The van der Waals surface area contributed by atoms with Gasteiger partial charge < -0.3 is 14.3 Å². The minimum Gasteiger partial charge on any atom is -0.508 e. The van der Waals surface area contributed by atoms with Crippen molar-refractivity contribution in [1.82, 2.24) is 0 Å². The van der Waals surface area contributed by atoms with Crippen LogP contribution in [0.1, 0.15) is 21.9 Å². The molecule has 1 N–H and O–H groups in total. The first-order valence-corrected chi connectivity index (χ1v) is 8.38. The second kappa shape index (κ2) is 7.85. The van der Waals surface area contributed by atoms with Gasteiger partial charge in [0, 0.05) is 5.56 Å². The highest BCUT2D eigenvalue weighted by molar-refractivity contribution is 9.10. The van der Waals surface area contributed by atoms with Crippen LogP contribution in [0.25, 0.3) is 6.08 Å². The molecule has 1 heterocycles. The number of furan rings is 1. The van der Waals surface area contributed by atoms with Crippen molar-refractivity contribution in [2.45, 2.75) is 6.61 Å². The van der Waals surface area contributed by atoms with Gasteiger partial charge in [0.15, 0.2) is 5.78 Å². The van der Waals surface area contributed by atoms with Gasteiger partial charge in [0.2, 0.25) is 0 Å². The van der Waals surface area contributed by atoms with Gasteiger partial charge in [-0.05, 0) is 76.6 Å². The number of phenolic OH excluding ortho intramolecular Hbond substituents is 1. The maximum atomic E-state index is 12.0. The first-order chi connectivity index (χ1) is 12.1. The highest BCUT2D eigenvalue weighted by Crippen LogP contribution is 2.25. The van der Waals surface area contributed by atoms with Crippen molar-refractivity contribution in [3.8, 4) is 11.5 Å². The molecule has 0 atom stereocenters. The van der Waals surface area contributed by atoms with Gasteiger partial charge in [-0.25, -0.2) is 0 Å². The van der Waals surface area contributed by atoms with E-state index >= 15 is 0 Å². The summed E-state index contributed by atoms with van der Waals surface area (Å²) < 4.78 is 12.2. The van der Waals surface area contributed by atoms with E-state index in [-0.39, 0.29) is 11.5 Å². The van der Waals surface area contributed by atoms with Crippen LogP contribution in [0.3, 0.4) is 0 Å². The number of allylic oxidation sites excluding steroid dienone is 1. The lowest BCUT2D eigenvalue weighted by molar-refractivity contribution is 0.104. The summed E-state index contributed by atoms with van der Waals surface area (Å²) in [6.45, 7) is 0.294. The summed E-state index contributed by atoms with van der Waals surface area (Å²) in [5, 5.41) is 9.24. The third-order valence-electron chi connectivity index (χ3n) is 3.44. The average Bonchev–Trinajstić information content (AvgIpc) is 3.07. The quantitative estimate of drug-likeness (QED) is 0.456. The first-order valence-electron chi connectivity index (χ1n) is 7.59. The molecule has 0 saturated carbocycles. The molecule has 3 aromatic rings. The molecule has 5 heteroatoms. The molecule has 0 amide bonds. The molecule has 25 heavy (non-hydrogen) atoms. The molecule has 4 nitrogen and oxygen atoms in total. The zero-order valence-corrected chi connectivity index (χ0v) is 14.8. The number of ether oxygens (including phenoxy) is 1. The molecule has 0 saturated heterocycles. The number of carbonyl (C=O) groups is 1. The number of phenols is 1. The number of ketones is 1. The van der Waals surface area contributed by atoms with E-state index in [0.717, 1.165) is 10.2 Å². The predicted octanol–water partition coefficient (Wildman–Crippen LogP) is 5.22. The summed E-state index contributed by atoms with van der Waals surface area (Å²) in [7, 11) is 0. The number of aromatic hydroxyl groups is 1. The Labute approximate surface area is 153 Å². The van der Waals surface area contributed by atoms with Crippen LogP contribution >= 0.6 is 15.9 Å². The summed E-state index contributed by atoms with van der Waals surface area (Å²) in [6.07, 6.45) is 3.04. The Kier molecular flexibility index (Phi) is 5.36. The summed E-state index contributed by atoms with van der Waals surface area (Å²) in [5.74, 6) is 1.92. The molecule has 0 spiro atoms. The molecule has 0 aliphatic rings. The minimum atomic E-state index is -0.164. The maximum Gasteiger partial charge on any atom is 0.185 e.